The summed E-state index contributed by atoms with van der Waals surface area (Å²) in [6.07, 6.45) is 6.02. The van der Waals surface area contributed by atoms with Crippen molar-refractivity contribution in [3.05, 3.63) is 72.3 Å². The van der Waals surface area contributed by atoms with Crippen LogP contribution in [0.15, 0.2) is 61.1 Å². The molecule has 0 atom stereocenters. The maximum atomic E-state index is 12.1. The summed E-state index contributed by atoms with van der Waals surface area (Å²) in [5, 5.41) is 7.19. The van der Waals surface area contributed by atoms with Gasteiger partial charge in [-0.1, -0.05) is 18.2 Å². The van der Waals surface area contributed by atoms with Gasteiger partial charge >= 0.3 is 0 Å². The highest BCUT2D eigenvalue weighted by Crippen LogP contribution is 2.10. The summed E-state index contributed by atoms with van der Waals surface area (Å²) in [6, 6.07) is 13.2. The lowest BCUT2D eigenvalue weighted by Gasteiger charge is -2.05. The van der Waals surface area contributed by atoms with Crippen molar-refractivity contribution in [2.45, 2.75) is 6.42 Å². The fourth-order valence-electron chi connectivity index (χ4n) is 2.28. The van der Waals surface area contributed by atoms with E-state index in [0.29, 0.717) is 24.4 Å². The van der Waals surface area contributed by atoms with E-state index in [0.717, 1.165) is 11.3 Å². The average molecular weight is 322 g/mol. The Hall–Kier alpha value is -3.15. The first kappa shape index (κ1) is 15.7. The van der Waals surface area contributed by atoms with Crippen molar-refractivity contribution < 1.29 is 9.53 Å². The molecule has 0 aliphatic heterocycles. The molecule has 2 aromatic heterocycles. The first-order valence-corrected chi connectivity index (χ1v) is 7.63. The molecule has 6 nitrogen and oxygen atoms in total. The molecule has 3 aromatic rings. The molecule has 24 heavy (non-hydrogen) atoms. The van der Waals surface area contributed by atoms with Crippen LogP contribution in [0, 0.1) is 0 Å². The van der Waals surface area contributed by atoms with Crippen molar-refractivity contribution in [1.82, 2.24) is 20.1 Å². The van der Waals surface area contributed by atoms with Gasteiger partial charge in [-0.2, -0.15) is 5.10 Å². The zero-order valence-electron chi connectivity index (χ0n) is 13.3. The topological polar surface area (TPSA) is 69.0 Å². The molecule has 1 N–H and O–H groups in total. The van der Waals surface area contributed by atoms with Crippen LogP contribution in [-0.4, -0.2) is 34.3 Å². The molecule has 1 aromatic carbocycles. The van der Waals surface area contributed by atoms with Crippen molar-refractivity contribution in [3.63, 3.8) is 0 Å². The molecule has 0 saturated carbocycles. The molecule has 0 fully saturated rings. The van der Waals surface area contributed by atoms with E-state index in [4.69, 9.17) is 4.74 Å². The minimum Gasteiger partial charge on any atom is -0.497 e. The number of amides is 1. The Morgan fingerprint density at radius 3 is 2.88 bits per heavy atom. The monoisotopic (exact) mass is 322 g/mol. The summed E-state index contributed by atoms with van der Waals surface area (Å²) >= 11 is 0. The molecule has 0 bridgehead atoms. The summed E-state index contributed by atoms with van der Waals surface area (Å²) < 4.78 is 6.91. The molecule has 1 amide bonds. The maximum Gasteiger partial charge on any atom is 0.270 e. The van der Waals surface area contributed by atoms with Gasteiger partial charge in [-0.05, 0) is 30.2 Å². The molecule has 0 spiro atoms. The lowest BCUT2D eigenvalue weighted by molar-refractivity contribution is 0.0949. The number of nitrogens with zero attached hydrogens (tertiary/aromatic N) is 3. The van der Waals surface area contributed by atoms with Gasteiger partial charge in [0, 0.05) is 25.0 Å². The van der Waals surface area contributed by atoms with E-state index in [9.17, 15) is 4.79 Å². The zero-order valence-corrected chi connectivity index (χ0v) is 13.3. The van der Waals surface area contributed by atoms with Gasteiger partial charge in [0.1, 0.15) is 11.4 Å². The number of carbonyl (C=O) groups excluding carboxylic acids is 1. The third kappa shape index (κ3) is 3.78. The second-order valence-corrected chi connectivity index (χ2v) is 5.22. The van der Waals surface area contributed by atoms with Crippen LogP contribution in [0.2, 0.25) is 0 Å². The quantitative estimate of drug-likeness (QED) is 0.756. The predicted molar refractivity (Wildman–Crippen MR) is 90.4 cm³/mol. The summed E-state index contributed by atoms with van der Waals surface area (Å²) in [4.78, 5) is 16.1. The van der Waals surface area contributed by atoms with Crippen LogP contribution in [0.5, 0.6) is 5.75 Å². The maximum absolute atomic E-state index is 12.1. The molecule has 122 valence electrons. The Morgan fingerprint density at radius 1 is 1.25 bits per heavy atom. The van der Waals surface area contributed by atoms with Crippen molar-refractivity contribution in [3.8, 4) is 11.4 Å². The molecule has 0 saturated heterocycles. The third-order valence-electron chi connectivity index (χ3n) is 3.56. The van der Waals surface area contributed by atoms with E-state index >= 15 is 0 Å². The number of para-hydroxylation sites is 1. The highest BCUT2D eigenvalue weighted by molar-refractivity contribution is 5.92. The van der Waals surface area contributed by atoms with Crippen LogP contribution in [0.3, 0.4) is 0 Å². The normalized spacial score (nSPS) is 10.4. The minimum atomic E-state index is -0.218. The Labute approximate surface area is 140 Å². The number of nitrogens with one attached hydrogen (secondary N) is 1. The Bertz CT molecular complexity index is 815. The number of ether oxygens (including phenoxy) is 1. The van der Waals surface area contributed by atoms with E-state index in [1.165, 1.54) is 0 Å². The second kappa shape index (κ2) is 7.41. The van der Waals surface area contributed by atoms with Crippen molar-refractivity contribution in [1.29, 1.82) is 0 Å². The molecule has 6 heteroatoms. The zero-order chi connectivity index (χ0) is 16.8. The predicted octanol–water partition coefficient (Wildman–Crippen LogP) is 2.25. The molecule has 0 aliphatic rings. The van der Waals surface area contributed by atoms with Crippen LogP contribution in [0.1, 0.15) is 16.1 Å². The molecule has 0 unspecified atom stereocenters. The highest BCUT2D eigenvalue weighted by atomic mass is 16.5. The van der Waals surface area contributed by atoms with Crippen LogP contribution < -0.4 is 10.1 Å². The molecule has 0 radical (unpaired) electrons. The number of aromatic nitrogens is 3. The van der Waals surface area contributed by atoms with Gasteiger partial charge in [0.05, 0.1) is 19.0 Å². The number of hydrogen-bond acceptors (Lipinski definition) is 4. The summed E-state index contributed by atoms with van der Waals surface area (Å²) in [7, 11) is 1.56. The number of methoxy groups -OCH3 is 1. The van der Waals surface area contributed by atoms with Crippen molar-refractivity contribution in [2.24, 2.45) is 0 Å². The van der Waals surface area contributed by atoms with Crippen LogP contribution in [0.4, 0.5) is 0 Å². The first-order chi connectivity index (χ1) is 11.8. The lowest BCUT2D eigenvalue weighted by Crippen LogP contribution is -2.26. The van der Waals surface area contributed by atoms with Crippen LogP contribution in [0.25, 0.3) is 5.69 Å². The molecular weight excluding hydrogens is 304 g/mol. The number of benzene rings is 1. The van der Waals surface area contributed by atoms with E-state index in [1.807, 2.05) is 47.4 Å². The van der Waals surface area contributed by atoms with Crippen LogP contribution in [-0.2, 0) is 6.42 Å². The van der Waals surface area contributed by atoms with Gasteiger partial charge in [-0.3, -0.25) is 9.78 Å². The Morgan fingerprint density at radius 2 is 2.08 bits per heavy atom. The van der Waals surface area contributed by atoms with Gasteiger partial charge in [-0.15, -0.1) is 0 Å². The van der Waals surface area contributed by atoms with E-state index in [1.54, 1.807) is 25.4 Å². The summed E-state index contributed by atoms with van der Waals surface area (Å²) in [6.45, 7) is 0.512. The van der Waals surface area contributed by atoms with E-state index in [2.05, 4.69) is 15.4 Å². The van der Waals surface area contributed by atoms with Gasteiger partial charge in [0.25, 0.3) is 5.91 Å². The number of pyridine rings is 1. The smallest absolute Gasteiger partial charge is 0.270 e. The van der Waals surface area contributed by atoms with Gasteiger partial charge in [-0.25, -0.2) is 4.68 Å². The first-order valence-electron chi connectivity index (χ1n) is 7.63. The molecule has 0 aliphatic carbocycles. The minimum absolute atomic E-state index is 0.218. The summed E-state index contributed by atoms with van der Waals surface area (Å²) in [5.74, 6) is 0.392. The largest absolute Gasteiger partial charge is 0.497 e. The number of carbonyl (C=O) groups is 1. The van der Waals surface area contributed by atoms with Crippen LogP contribution >= 0.6 is 0 Å². The number of rotatable bonds is 6. The molecular formula is C18H18N4O2. The Balaban J connectivity index is 1.55. The standard InChI is InChI=1S/C18H18N4O2/c1-24-16-8-10-19-17(11-16)18(23)20-9-7-14-12-21-22(13-14)15-5-3-2-4-6-15/h2-6,8,10-13H,7,9H2,1H3,(H,20,23). The fourth-order valence-corrected chi connectivity index (χ4v) is 2.28. The fraction of sp³-hybridized carbons (Fsp3) is 0.167. The Kier molecular flexibility index (Phi) is 4.86. The van der Waals surface area contributed by atoms with Crippen molar-refractivity contribution >= 4 is 5.91 Å². The summed E-state index contributed by atoms with van der Waals surface area (Å²) in [5.41, 5.74) is 2.40. The van der Waals surface area contributed by atoms with Crippen molar-refractivity contribution in [2.75, 3.05) is 13.7 Å². The van der Waals surface area contributed by atoms with E-state index in [-0.39, 0.29) is 5.91 Å². The molecule has 3 rings (SSSR count). The van der Waals surface area contributed by atoms with Gasteiger partial charge in [0.15, 0.2) is 0 Å². The average Bonchev–Trinajstić information content (AvgIpc) is 3.11. The second-order valence-electron chi connectivity index (χ2n) is 5.22. The number of hydrogen-bond donors (Lipinski definition) is 1. The van der Waals surface area contributed by atoms with Gasteiger partial charge in [0.2, 0.25) is 0 Å². The highest BCUT2D eigenvalue weighted by Gasteiger charge is 2.08. The molecule has 2 heterocycles. The lowest BCUT2D eigenvalue weighted by atomic mass is 10.2. The SMILES string of the molecule is COc1ccnc(C(=O)NCCc2cnn(-c3ccccc3)c2)c1. The van der Waals surface area contributed by atoms with Gasteiger partial charge < -0.3 is 10.1 Å². The van der Waals surface area contributed by atoms with E-state index < -0.39 is 0 Å². The third-order valence-corrected chi connectivity index (χ3v) is 3.56.